The van der Waals surface area contributed by atoms with Gasteiger partial charge in [0.05, 0.1) is 31.7 Å². The molecule has 1 fully saturated rings. The second kappa shape index (κ2) is 10.2. The number of nitrogens with two attached hydrogens (primary N) is 1. The Morgan fingerprint density at radius 1 is 1.00 bits per heavy atom. The van der Waals surface area contributed by atoms with Gasteiger partial charge in [0, 0.05) is 12.6 Å². The van der Waals surface area contributed by atoms with Crippen LogP contribution in [-0.2, 0) is 13.1 Å². The Bertz CT molecular complexity index is 1220. The number of nitrogens with one attached hydrogen (secondary N) is 1. The molecule has 0 spiro atoms. The van der Waals surface area contributed by atoms with Crippen molar-refractivity contribution in [3.63, 3.8) is 0 Å². The largest absolute Gasteiger partial charge is 0.493 e. The Morgan fingerprint density at radius 3 is 2.34 bits per heavy atom. The SMILES string of the molecule is COc1ccc(Cn2c(=O)c3cc(CN)ccc3n(C3CCNCC3)c2=O)cc1OC.Cl. The minimum Gasteiger partial charge on any atom is -0.493 e. The number of benzene rings is 2. The molecule has 3 aromatic rings. The lowest BCUT2D eigenvalue weighted by Crippen LogP contribution is -2.43. The number of nitrogens with zero attached hydrogens (tertiary/aromatic N) is 2. The van der Waals surface area contributed by atoms with Gasteiger partial charge in [-0.15, -0.1) is 12.4 Å². The average molecular weight is 461 g/mol. The van der Waals surface area contributed by atoms with Gasteiger partial charge in [0.1, 0.15) is 0 Å². The highest BCUT2D eigenvalue weighted by atomic mass is 35.5. The van der Waals surface area contributed by atoms with Crippen molar-refractivity contribution in [2.24, 2.45) is 5.73 Å². The van der Waals surface area contributed by atoms with Gasteiger partial charge in [-0.25, -0.2) is 4.79 Å². The van der Waals surface area contributed by atoms with Crippen LogP contribution in [0, 0.1) is 0 Å². The maximum atomic E-state index is 13.6. The highest BCUT2D eigenvalue weighted by Crippen LogP contribution is 2.28. The van der Waals surface area contributed by atoms with Crippen molar-refractivity contribution in [2.45, 2.75) is 32.0 Å². The fourth-order valence-electron chi connectivity index (χ4n) is 4.28. The molecule has 0 atom stereocenters. The lowest BCUT2D eigenvalue weighted by Gasteiger charge is -2.27. The van der Waals surface area contributed by atoms with E-state index in [-0.39, 0.29) is 36.2 Å². The molecule has 1 aliphatic heterocycles. The summed E-state index contributed by atoms with van der Waals surface area (Å²) in [5.74, 6) is 1.15. The number of ether oxygens (including phenoxy) is 2. The molecule has 0 amide bonds. The second-order valence-corrected chi connectivity index (χ2v) is 7.77. The van der Waals surface area contributed by atoms with E-state index in [2.05, 4.69) is 5.32 Å². The third-order valence-corrected chi connectivity index (χ3v) is 5.93. The van der Waals surface area contributed by atoms with Gasteiger partial charge in [0.25, 0.3) is 5.56 Å². The van der Waals surface area contributed by atoms with Crippen molar-refractivity contribution in [3.8, 4) is 11.5 Å². The zero-order valence-electron chi connectivity index (χ0n) is 18.3. The van der Waals surface area contributed by atoms with E-state index in [0.29, 0.717) is 28.9 Å². The molecule has 0 bridgehead atoms. The molecule has 1 aromatic heterocycles. The van der Waals surface area contributed by atoms with Crippen molar-refractivity contribution in [3.05, 3.63) is 68.4 Å². The summed E-state index contributed by atoms with van der Waals surface area (Å²) < 4.78 is 13.8. The van der Waals surface area contributed by atoms with Crippen LogP contribution >= 0.6 is 12.4 Å². The fraction of sp³-hybridized carbons (Fsp3) is 0.391. The Morgan fingerprint density at radius 2 is 1.69 bits per heavy atom. The van der Waals surface area contributed by atoms with Crippen LogP contribution < -0.4 is 31.8 Å². The number of piperidine rings is 1. The van der Waals surface area contributed by atoms with Gasteiger partial charge in [-0.05, 0) is 61.3 Å². The normalized spacial score (nSPS) is 14.2. The maximum absolute atomic E-state index is 13.6. The van der Waals surface area contributed by atoms with Crippen molar-refractivity contribution >= 4 is 23.3 Å². The van der Waals surface area contributed by atoms with Gasteiger partial charge >= 0.3 is 5.69 Å². The van der Waals surface area contributed by atoms with E-state index >= 15 is 0 Å². The molecular formula is C23H29ClN4O4. The number of rotatable bonds is 6. The lowest BCUT2D eigenvalue weighted by atomic mass is 10.0. The van der Waals surface area contributed by atoms with Crippen LogP contribution in [0.4, 0.5) is 0 Å². The number of aromatic nitrogens is 2. The maximum Gasteiger partial charge on any atom is 0.332 e. The van der Waals surface area contributed by atoms with Crippen molar-refractivity contribution < 1.29 is 9.47 Å². The topological polar surface area (TPSA) is 101 Å². The van der Waals surface area contributed by atoms with Gasteiger partial charge in [0.15, 0.2) is 11.5 Å². The van der Waals surface area contributed by atoms with Crippen LogP contribution in [0.25, 0.3) is 10.9 Å². The first-order chi connectivity index (χ1) is 15.1. The molecule has 0 aliphatic carbocycles. The van der Waals surface area contributed by atoms with E-state index in [1.165, 1.54) is 4.57 Å². The van der Waals surface area contributed by atoms with E-state index in [9.17, 15) is 9.59 Å². The second-order valence-electron chi connectivity index (χ2n) is 7.77. The molecule has 0 unspecified atom stereocenters. The predicted octanol–water partition coefficient (Wildman–Crippen LogP) is 2.03. The Labute approximate surface area is 192 Å². The van der Waals surface area contributed by atoms with Gasteiger partial charge < -0.3 is 20.5 Å². The molecule has 2 aromatic carbocycles. The number of fused-ring (bicyclic) bond motifs is 1. The van der Waals surface area contributed by atoms with Crippen LogP contribution in [0.1, 0.15) is 30.0 Å². The van der Waals surface area contributed by atoms with Crippen LogP contribution in [0.2, 0.25) is 0 Å². The zero-order chi connectivity index (χ0) is 22.0. The van der Waals surface area contributed by atoms with E-state index < -0.39 is 0 Å². The summed E-state index contributed by atoms with van der Waals surface area (Å²) in [7, 11) is 3.13. The Balaban J connectivity index is 0.00000289. The number of methoxy groups -OCH3 is 2. The summed E-state index contributed by atoms with van der Waals surface area (Å²) in [4.78, 5) is 26.9. The predicted molar refractivity (Wildman–Crippen MR) is 127 cm³/mol. The third-order valence-electron chi connectivity index (χ3n) is 5.93. The van der Waals surface area contributed by atoms with Crippen LogP contribution in [0.3, 0.4) is 0 Å². The highest BCUT2D eigenvalue weighted by Gasteiger charge is 2.22. The van der Waals surface area contributed by atoms with Crippen LogP contribution in [0.5, 0.6) is 11.5 Å². The summed E-state index contributed by atoms with van der Waals surface area (Å²) in [6, 6.07) is 11.0. The van der Waals surface area contributed by atoms with Crippen molar-refractivity contribution in [2.75, 3.05) is 27.3 Å². The highest BCUT2D eigenvalue weighted by molar-refractivity contribution is 5.85. The summed E-state index contributed by atoms with van der Waals surface area (Å²) in [5.41, 5.74) is 7.52. The Kier molecular flexibility index (Phi) is 7.60. The van der Waals surface area contributed by atoms with E-state index in [1.54, 1.807) is 37.0 Å². The molecule has 4 rings (SSSR count). The van der Waals surface area contributed by atoms with Crippen LogP contribution in [-0.4, -0.2) is 36.4 Å². The minimum absolute atomic E-state index is 0. The first-order valence-corrected chi connectivity index (χ1v) is 10.5. The molecule has 9 heteroatoms. The molecule has 8 nitrogen and oxygen atoms in total. The molecule has 0 saturated carbocycles. The van der Waals surface area contributed by atoms with E-state index in [4.69, 9.17) is 15.2 Å². The summed E-state index contributed by atoms with van der Waals surface area (Å²) >= 11 is 0. The quantitative estimate of drug-likeness (QED) is 0.583. The smallest absolute Gasteiger partial charge is 0.332 e. The summed E-state index contributed by atoms with van der Waals surface area (Å²) in [6.07, 6.45) is 1.67. The van der Waals surface area contributed by atoms with Gasteiger partial charge in [-0.2, -0.15) is 0 Å². The van der Waals surface area contributed by atoms with Crippen LogP contribution in [0.15, 0.2) is 46.0 Å². The van der Waals surface area contributed by atoms with Gasteiger partial charge in [0.2, 0.25) is 0 Å². The standard InChI is InChI=1S/C23H28N4O4.ClH/c1-30-20-6-4-16(12-21(20)31-2)14-26-22(28)18-11-15(13-24)3-5-19(18)27(23(26)29)17-7-9-25-10-8-17;/h3-6,11-12,17,25H,7-10,13-14,24H2,1-2H3;1H. The molecule has 2 heterocycles. The van der Waals surface area contributed by atoms with Gasteiger partial charge in [-0.1, -0.05) is 12.1 Å². The molecule has 1 saturated heterocycles. The van der Waals surface area contributed by atoms with Crippen molar-refractivity contribution in [1.29, 1.82) is 0 Å². The van der Waals surface area contributed by atoms with Gasteiger partial charge in [-0.3, -0.25) is 13.9 Å². The molecular weight excluding hydrogens is 432 g/mol. The zero-order valence-corrected chi connectivity index (χ0v) is 19.1. The number of halogens is 1. The minimum atomic E-state index is -0.310. The number of hydrogen-bond acceptors (Lipinski definition) is 6. The fourth-order valence-corrected chi connectivity index (χ4v) is 4.28. The average Bonchev–Trinajstić information content (AvgIpc) is 2.82. The van der Waals surface area contributed by atoms with E-state index in [1.807, 2.05) is 18.2 Å². The molecule has 1 aliphatic rings. The van der Waals surface area contributed by atoms with E-state index in [0.717, 1.165) is 37.1 Å². The third kappa shape index (κ3) is 4.39. The van der Waals surface area contributed by atoms with Crippen molar-refractivity contribution in [1.82, 2.24) is 14.5 Å². The molecule has 32 heavy (non-hydrogen) atoms. The number of hydrogen-bond donors (Lipinski definition) is 2. The Hall–Kier alpha value is -2.81. The molecule has 3 N–H and O–H groups in total. The monoisotopic (exact) mass is 460 g/mol. The molecule has 0 radical (unpaired) electrons. The first kappa shape index (κ1) is 23.8. The summed E-state index contributed by atoms with van der Waals surface area (Å²) in [6.45, 7) is 2.16. The molecule has 172 valence electrons. The summed E-state index contributed by atoms with van der Waals surface area (Å²) in [5, 5.41) is 3.85. The lowest BCUT2D eigenvalue weighted by molar-refractivity contribution is 0.353. The first-order valence-electron chi connectivity index (χ1n) is 10.5.